The first-order valence-electron chi connectivity index (χ1n) is 6.70. The van der Waals surface area contributed by atoms with Gasteiger partial charge in [0.2, 0.25) is 0 Å². The van der Waals surface area contributed by atoms with Crippen molar-refractivity contribution in [2.75, 3.05) is 32.1 Å². The lowest BCUT2D eigenvalue weighted by Gasteiger charge is -2.34. The molecule has 0 aliphatic carbocycles. The summed E-state index contributed by atoms with van der Waals surface area (Å²) in [4.78, 5) is 0. The maximum absolute atomic E-state index is 9.14. The highest BCUT2D eigenvalue weighted by Gasteiger charge is 2.26. The van der Waals surface area contributed by atoms with E-state index in [9.17, 15) is 0 Å². The predicted molar refractivity (Wildman–Crippen MR) is 76.4 cm³/mol. The van der Waals surface area contributed by atoms with Crippen molar-refractivity contribution in [1.82, 2.24) is 5.32 Å². The van der Waals surface area contributed by atoms with Crippen molar-refractivity contribution >= 4 is 5.69 Å². The van der Waals surface area contributed by atoms with Gasteiger partial charge in [0.15, 0.2) is 0 Å². The van der Waals surface area contributed by atoms with Crippen LogP contribution in [0.1, 0.15) is 25.3 Å². The average molecular weight is 259 g/mol. The third-order valence-electron chi connectivity index (χ3n) is 3.74. The van der Waals surface area contributed by atoms with Crippen LogP contribution in [0.3, 0.4) is 0 Å². The molecular formula is C15H21N3O. The standard InChI is InChI=1S/C15H21N3O/c1-15(6-3-7-17-10-15)11-18-14-8-13(19-2)5-4-12(14)9-16/h4-5,8,17-18H,3,6-7,10-11H2,1-2H3. The van der Waals surface area contributed by atoms with Crippen molar-refractivity contribution in [1.29, 1.82) is 5.26 Å². The molecule has 2 rings (SSSR count). The lowest BCUT2D eigenvalue weighted by molar-refractivity contribution is 0.253. The molecule has 4 nitrogen and oxygen atoms in total. The maximum Gasteiger partial charge on any atom is 0.121 e. The zero-order valence-electron chi connectivity index (χ0n) is 11.6. The first-order chi connectivity index (χ1) is 9.17. The molecule has 1 fully saturated rings. The highest BCUT2D eigenvalue weighted by Crippen LogP contribution is 2.28. The maximum atomic E-state index is 9.14. The van der Waals surface area contributed by atoms with E-state index in [0.29, 0.717) is 5.56 Å². The normalized spacial score (nSPS) is 22.6. The lowest BCUT2D eigenvalue weighted by atomic mass is 9.82. The van der Waals surface area contributed by atoms with Crippen LogP contribution in [-0.2, 0) is 0 Å². The van der Waals surface area contributed by atoms with Crippen LogP contribution in [0, 0.1) is 16.7 Å². The first kappa shape index (κ1) is 13.7. The van der Waals surface area contributed by atoms with E-state index in [4.69, 9.17) is 10.00 Å². The number of rotatable bonds is 4. The highest BCUT2D eigenvalue weighted by molar-refractivity contribution is 5.60. The summed E-state index contributed by atoms with van der Waals surface area (Å²) in [5.41, 5.74) is 1.76. The number of methoxy groups -OCH3 is 1. The minimum absolute atomic E-state index is 0.244. The van der Waals surface area contributed by atoms with E-state index in [1.54, 1.807) is 13.2 Å². The van der Waals surface area contributed by atoms with Crippen molar-refractivity contribution in [3.8, 4) is 11.8 Å². The molecule has 0 amide bonds. The van der Waals surface area contributed by atoms with Crippen LogP contribution < -0.4 is 15.4 Å². The first-order valence-corrected chi connectivity index (χ1v) is 6.70. The molecule has 1 atom stereocenters. The predicted octanol–water partition coefficient (Wildman–Crippen LogP) is 2.37. The van der Waals surface area contributed by atoms with E-state index < -0.39 is 0 Å². The molecule has 0 radical (unpaired) electrons. The van der Waals surface area contributed by atoms with E-state index in [1.165, 1.54) is 12.8 Å². The molecule has 1 heterocycles. The van der Waals surface area contributed by atoms with Gasteiger partial charge in [0.05, 0.1) is 18.4 Å². The third-order valence-corrected chi connectivity index (χ3v) is 3.74. The fraction of sp³-hybridized carbons (Fsp3) is 0.533. The van der Waals surface area contributed by atoms with Crippen LogP contribution in [0.4, 0.5) is 5.69 Å². The molecule has 19 heavy (non-hydrogen) atoms. The van der Waals surface area contributed by atoms with Gasteiger partial charge in [-0.3, -0.25) is 0 Å². The summed E-state index contributed by atoms with van der Waals surface area (Å²) in [5, 5.41) is 16.0. The van der Waals surface area contributed by atoms with Gasteiger partial charge in [0.1, 0.15) is 11.8 Å². The number of piperidine rings is 1. The molecular weight excluding hydrogens is 238 g/mol. The van der Waals surface area contributed by atoms with Gasteiger partial charge in [0, 0.05) is 19.2 Å². The van der Waals surface area contributed by atoms with Crippen LogP contribution in [0.25, 0.3) is 0 Å². The van der Waals surface area contributed by atoms with Crippen LogP contribution >= 0.6 is 0 Å². The number of nitrogens with zero attached hydrogens (tertiary/aromatic N) is 1. The number of hydrogen-bond acceptors (Lipinski definition) is 4. The van der Waals surface area contributed by atoms with E-state index in [2.05, 4.69) is 23.6 Å². The number of anilines is 1. The SMILES string of the molecule is COc1ccc(C#N)c(NCC2(C)CCCNC2)c1. The van der Waals surface area contributed by atoms with Gasteiger partial charge >= 0.3 is 0 Å². The Morgan fingerprint density at radius 3 is 3.00 bits per heavy atom. The monoisotopic (exact) mass is 259 g/mol. The van der Waals surface area contributed by atoms with Crippen LogP contribution in [0.2, 0.25) is 0 Å². The van der Waals surface area contributed by atoms with E-state index >= 15 is 0 Å². The Morgan fingerprint density at radius 2 is 2.37 bits per heavy atom. The molecule has 0 aromatic heterocycles. The summed E-state index contributed by atoms with van der Waals surface area (Å²) in [6.45, 7) is 5.27. The largest absolute Gasteiger partial charge is 0.497 e. The van der Waals surface area contributed by atoms with Gasteiger partial charge in [-0.05, 0) is 36.9 Å². The molecule has 102 valence electrons. The minimum atomic E-state index is 0.244. The molecule has 1 aliphatic rings. The zero-order valence-corrected chi connectivity index (χ0v) is 11.6. The van der Waals surface area contributed by atoms with Gasteiger partial charge in [-0.2, -0.15) is 5.26 Å². The van der Waals surface area contributed by atoms with Crippen molar-refractivity contribution in [3.63, 3.8) is 0 Å². The molecule has 0 bridgehead atoms. The molecule has 1 saturated heterocycles. The van der Waals surface area contributed by atoms with Gasteiger partial charge in [-0.1, -0.05) is 6.92 Å². The second-order valence-corrected chi connectivity index (χ2v) is 5.47. The van der Waals surface area contributed by atoms with Crippen molar-refractivity contribution < 1.29 is 4.74 Å². The highest BCUT2D eigenvalue weighted by atomic mass is 16.5. The number of benzene rings is 1. The molecule has 1 aliphatic heterocycles. The van der Waals surface area contributed by atoms with Crippen molar-refractivity contribution in [2.45, 2.75) is 19.8 Å². The summed E-state index contributed by atoms with van der Waals surface area (Å²) < 4.78 is 5.21. The second kappa shape index (κ2) is 5.94. The van der Waals surface area contributed by atoms with Gasteiger partial charge in [-0.15, -0.1) is 0 Å². The summed E-state index contributed by atoms with van der Waals surface area (Å²) >= 11 is 0. The minimum Gasteiger partial charge on any atom is -0.497 e. The zero-order chi connectivity index (χ0) is 13.7. The summed E-state index contributed by atoms with van der Waals surface area (Å²) in [6, 6.07) is 7.71. The average Bonchev–Trinajstić information content (AvgIpc) is 2.45. The molecule has 0 saturated carbocycles. The van der Waals surface area contributed by atoms with E-state index in [1.807, 2.05) is 12.1 Å². The molecule has 4 heteroatoms. The Labute approximate surface area is 114 Å². The molecule has 1 aromatic rings. The van der Waals surface area contributed by atoms with Gasteiger partial charge < -0.3 is 15.4 Å². The quantitative estimate of drug-likeness (QED) is 0.871. The fourth-order valence-electron chi connectivity index (χ4n) is 2.47. The van der Waals surface area contributed by atoms with Gasteiger partial charge in [0.25, 0.3) is 0 Å². The number of hydrogen-bond donors (Lipinski definition) is 2. The molecule has 0 spiro atoms. The number of nitrogens with one attached hydrogen (secondary N) is 2. The number of ether oxygens (including phenoxy) is 1. The Hall–Kier alpha value is -1.73. The van der Waals surface area contributed by atoms with Crippen molar-refractivity contribution in [2.24, 2.45) is 5.41 Å². The third kappa shape index (κ3) is 3.39. The summed E-state index contributed by atoms with van der Waals surface area (Å²) in [6.07, 6.45) is 2.42. The Kier molecular flexibility index (Phi) is 4.28. The topological polar surface area (TPSA) is 57.1 Å². The Morgan fingerprint density at radius 1 is 1.53 bits per heavy atom. The van der Waals surface area contributed by atoms with Crippen molar-refractivity contribution in [3.05, 3.63) is 23.8 Å². The molecule has 1 aromatic carbocycles. The smallest absolute Gasteiger partial charge is 0.121 e. The fourth-order valence-corrected chi connectivity index (χ4v) is 2.47. The van der Waals surface area contributed by atoms with Crippen LogP contribution in [-0.4, -0.2) is 26.7 Å². The Balaban J connectivity index is 2.07. The molecule has 2 N–H and O–H groups in total. The van der Waals surface area contributed by atoms with Crippen LogP contribution in [0.15, 0.2) is 18.2 Å². The second-order valence-electron chi connectivity index (χ2n) is 5.47. The van der Waals surface area contributed by atoms with E-state index in [-0.39, 0.29) is 5.41 Å². The lowest BCUT2D eigenvalue weighted by Crippen LogP contribution is -2.42. The summed E-state index contributed by atoms with van der Waals surface area (Å²) in [5.74, 6) is 0.772. The van der Waals surface area contributed by atoms with Crippen LogP contribution in [0.5, 0.6) is 5.75 Å². The number of nitriles is 1. The summed E-state index contributed by atoms with van der Waals surface area (Å²) in [7, 11) is 1.64. The Bertz CT molecular complexity index is 473. The van der Waals surface area contributed by atoms with Gasteiger partial charge in [-0.25, -0.2) is 0 Å². The van der Waals surface area contributed by atoms with E-state index in [0.717, 1.165) is 31.1 Å². The molecule has 1 unspecified atom stereocenters.